The highest BCUT2D eigenvalue weighted by molar-refractivity contribution is 5.70. The monoisotopic (exact) mass is 251 g/mol. The summed E-state index contributed by atoms with van der Waals surface area (Å²) in [7, 11) is 0. The highest BCUT2D eigenvalue weighted by atomic mass is 16.6. The Morgan fingerprint density at radius 3 is 2.61 bits per heavy atom. The molecule has 0 spiro atoms. The third-order valence-corrected chi connectivity index (χ3v) is 2.16. The van der Waals surface area contributed by atoms with Crippen LogP contribution in [0.4, 0.5) is 5.69 Å². The molecule has 0 bridgehead atoms. The number of hydrogen-bond acceptors (Lipinski definition) is 4. The van der Waals surface area contributed by atoms with Crippen molar-refractivity contribution in [2.24, 2.45) is 0 Å². The molecule has 0 radical (unpaired) electrons. The molecule has 98 valence electrons. The van der Waals surface area contributed by atoms with E-state index in [1.807, 2.05) is 0 Å². The van der Waals surface area contributed by atoms with Crippen LogP contribution in [0.2, 0.25) is 0 Å². The number of rotatable bonds is 4. The lowest BCUT2D eigenvalue weighted by atomic mass is 10.1. The quantitative estimate of drug-likeness (QED) is 0.468. The van der Waals surface area contributed by atoms with Gasteiger partial charge in [0.05, 0.1) is 4.92 Å². The van der Waals surface area contributed by atoms with Crippen molar-refractivity contribution < 1.29 is 14.5 Å². The first-order valence-corrected chi connectivity index (χ1v) is 5.73. The van der Waals surface area contributed by atoms with Gasteiger partial charge in [-0.05, 0) is 32.8 Å². The molecule has 0 aliphatic heterocycles. The van der Waals surface area contributed by atoms with Crippen LogP contribution in [0.3, 0.4) is 0 Å². The van der Waals surface area contributed by atoms with Gasteiger partial charge < -0.3 is 4.74 Å². The number of nitrogens with zero attached hydrogens (tertiary/aromatic N) is 1. The highest BCUT2D eigenvalue weighted by Gasteiger charge is 2.16. The Morgan fingerprint density at radius 2 is 2.06 bits per heavy atom. The van der Waals surface area contributed by atoms with Crippen molar-refractivity contribution in [2.45, 2.75) is 39.2 Å². The largest absolute Gasteiger partial charge is 0.460 e. The molecule has 1 rings (SSSR count). The standard InChI is InChI=1S/C13H17NO4/c1-13(2,3)18-12(15)8-7-10-5-4-6-11(9-10)14(16)17/h4-6,9H,7-8H2,1-3H3. The number of carbonyl (C=O) groups is 1. The summed E-state index contributed by atoms with van der Waals surface area (Å²) >= 11 is 0. The van der Waals surface area contributed by atoms with Crippen molar-refractivity contribution in [1.29, 1.82) is 0 Å². The van der Waals surface area contributed by atoms with Crippen molar-refractivity contribution in [3.8, 4) is 0 Å². The molecule has 0 aliphatic carbocycles. The first-order valence-electron chi connectivity index (χ1n) is 5.73. The molecule has 0 saturated carbocycles. The van der Waals surface area contributed by atoms with Gasteiger partial charge in [0, 0.05) is 18.6 Å². The lowest BCUT2D eigenvalue weighted by Gasteiger charge is -2.19. The smallest absolute Gasteiger partial charge is 0.306 e. The minimum atomic E-state index is -0.500. The SMILES string of the molecule is CC(C)(C)OC(=O)CCc1cccc([N+](=O)[O-])c1. The van der Waals surface area contributed by atoms with Crippen LogP contribution in [0, 0.1) is 10.1 Å². The summed E-state index contributed by atoms with van der Waals surface area (Å²) in [5.74, 6) is -0.297. The average molecular weight is 251 g/mol. The Bertz CT molecular complexity index is 449. The van der Waals surface area contributed by atoms with E-state index >= 15 is 0 Å². The van der Waals surface area contributed by atoms with E-state index in [0.717, 1.165) is 5.56 Å². The molecule has 0 aliphatic rings. The molecule has 0 aromatic heterocycles. The van der Waals surface area contributed by atoms with E-state index in [1.165, 1.54) is 12.1 Å². The molecule has 0 saturated heterocycles. The molecular weight excluding hydrogens is 234 g/mol. The van der Waals surface area contributed by atoms with Crippen LogP contribution >= 0.6 is 0 Å². The summed E-state index contributed by atoms with van der Waals surface area (Å²) in [4.78, 5) is 21.6. The van der Waals surface area contributed by atoms with Crippen molar-refractivity contribution >= 4 is 11.7 Å². The lowest BCUT2D eigenvalue weighted by molar-refractivity contribution is -0.384. The summed E-state index contributed by atoms with van der Waals surface area (Å²) < 4.78 is 5.16. The van der Waals surface area contributed by atoms with Crippen LogP contribution in [0.5, 0.6) is 0 Å². The van der Waals surface area contributed by atoms with Gasteiger partial charge in [-0.15, -0.1) is 0 Å². The Balaban J connectivity index is 2.56. The van der Waals surface area contributed by atoms with Crippen molar-refractivity contribution in [2.75, 3.05) is 0 Å². The fourth-order valence-electron chi connectivity index (χ4n) is 1.46. The maximum atomic E-state index is 11.5. The fraction of sp³-hybridized carbons (Fsp3) is 0.462. The molecule has 0 atom stereocenters. The van der Waals surface area contributed by atoms with Crippen LogP contribution in [0.25, 0.3) is 0 Å². The Hall–Kier alpha value is -1.91. The third kappa shape index (κ3) is 4.95. The van der Waals surface area contributed by atoms with E-state index in [2.05, 4.69) is 0 Å². The van der Waals surface area contributed by atoms with E-state index in [4.69, 9.17) is 4.74 Å². The molecule has 1 aromatic rings. The number of esters is 1. The number of hydrogen-bond donors (Lipinski definition) is 0. The van der Waals surface area contributed by atoms with Gasteiger partial charge in [0.2, 0.25) is 0 Å². The maximum Gasteiger partial charge on any atom is 0.306 e. The van der Waals surface area contributed by atoms with Gasteiger partial charge in [0.15, 0.2) is 0 Å². The molecule has 5 nitrogen and oxygen atoms in total. The maximum absolute atomic E-state index is 11.5. The molecule has 0 amide bonds. The highest BCUT2D eigenvalue weighted by Crippen LogP contribution is 2.15. The minimum Gasteiger partial charge on any atom is -0.460 e. The summed E-state index contributed by atoms with van der Waals surface area (Å²) in [5, 5.41) is 10.6. The molecule has 0 heterocycles. The first-order chi connectivity index (χ1) is 8.28. The lowest BCUT2D eigenvalue weighted by Crippen LogP contribution is -2.24. The van der Waals surface area contributed by atoms with Gasteiger partial charge in [-0.3, -0.25) is 14.9 Å². The van der Waals surface area contributed by atoms with Gasteiger partial charge in [0.1, 0.15) is 5.60 Å². The fourth-order valence-corrected chi connectivity index (χ4v) is 1.46. The van der Waals surface area contributed by atoms with Gasteiger partial charge in [-0.25, -0.2) is 0 Å². The third-order valence-electron chi connectivity index (χ3n) is 2.16. The normalized spacial score (nSPS) is 11.1. The van der Waals surface area contributed by atoms with Crippen molar-refractivity contribution in [3.05, 3.63) is 39.9 Å². The molecule has 18 heavy (non-hydrogen) atoms. The number of nitro groups is 1. The second kappa shape index (κ2) is 5.62. The van der Waals surface area contributed by atoms with Crippen molar-refractivity contribution in [3.63, 3.8) is 0 Å². The van der Waals surface area contributed by atoms with E-state index in [0.29, 0.717) is 6.42 Å². The predicted molar refractivity (Wildman–Crippen MR) is 67.3 cm³/mol. The van der Waals surface area contributed by atoms with Gasteiger partial charge in [0.25, 0.3) is 5.69 Å². The van der Waals surface area contributed by atoms with Crippen LogP contribution < -0.4 is 0 Å². The number of benzene rings is 1. The number of ether oxygens (including phenoxy) is 1. The summed E-state index contributed by atoms with van der Waals surface area (Å²) in [6.45, 7) is 5.41. The Kier molecular flexibility index (Phi) is 4.42. The molecule has 0 N–H and O–H groups in total. The molecular formula is C13H17NO4. The summed E-state index contributed by atoms with van der Waals surface area (Å²) in [6, 6.07) is 6.28. The van der Waals surface area contributed by atoms with E-state index in [1.54, 1.807) is 32.9 Å². The zero-order valence-corrected chi connectivity index (χ0v) is 10.8. The second-order valence-corrected chi connectivity index (χ2v) is 5.01. The molecule has 0 fully saturated rings. The Morgan fingerprint density at radius 1 is 1.39 bits per heavy atom. The number of aryl methyl sites for hydroxylation is 1. The molecule has 1 aromatic carbocycles. The summed E-state index contributed by atoms with van der Waals surface area (Å²) in [5.41, 5.74) is 0.298. The van der Waals surface area contributed by atoms with Crippen LogP contribution in [-0.2, 0) is 16.0 Å². The van der Waals surface area contributed by atoms with Gasteiger partial charge >= 0.3 is 5.97 Å². The average Bonchev–Trinajstić information content (AvgIpc) is 2.24. The van der Waals surface area contributed by atoms with Crippen LogP contribution in [0.1, 0.15) is 32.8 Å². The van der Waals surface area contributed by atoms with Gasteiger partial charge in [-0.1, -0.05) is 12.1 Å². The number of carbonyl (C=O) groups excluding carboxylic acids is 1. The van der Waals surface area contributed by atoms with Crippen LogP contribution in [0.15, 0.2) is 24.3 Å². The minimum absolute atomic E-state index is 0.0386. The van der Waals surface area contributed by atoms with E-state index < -0.39 is 10.5 Å². The topological polar surface area (TPSA) is 69.4 Å². The molecule has 0 unspecified atom stereocenters. The second-order valence-electron chi connectivity index (χ2n) is 5.01. The van der Waals surface area contributed by atoms with Crippen LogP contribution in [-0.4, -0.2) is 16.5 Å². The Labute approximate surface area is 106 Å². The first kappa shape index (κ1) is 14.2. The van der Waals surface area contributed by atoms with Gasteiger partial charge in [-0.2, -0.15) is 0 Å². The molecule has 5 heteroatoms. The zero-order chi connectivity index (χ0) is 13.8. The number of nitro benzene ring substituents is 1. The van der Waals surface area contributed by atoms with E-state index in [-0.39, 0.29) is 18.1 Å². The zero-order valence-electron chi connectivity index (χ0n) is 10.8. The number of non-ortho nitro benzene ring substituents is 1. The van der Waals surface area contributed by atoms with E-state index in [9.17, 15) is 14.9 Å². The predicted octanol–water partition coefficient (Wildman–Crippen LogP) is 2.87. The van der Waals surface area contributed by atoms with Crippen molar-refractivity contribution in [1.82, 2.24) is 0 Å². The summed E-state index contributed by atoms with van der Waals surface area (Å²) in [6.07, 6.45) is 0.662.